The van der Waals surface area contributed by atoms with Crippen LogP contribution < -0.4 is 4.74 Å². The van der Waals surface area contributed by atoms with Gasteiger partial charge in [-0.25, -0.2) is 9.07 Å². The van der Waals surface area contributed by atoms with E-state index in [4.69, 9.17) is 4.74 Å². The summed E-state index contributed by atoms with van der Waals surface area (Å²) in [7, 11) is 0. The Morgan fingerprint density at radius 1 is 1.09 bits per heavy atom. The molecule has 2 aromatic carbocycles. The summed E-state index contributed by atoms with van der Waals surface area (Å²) in [6.45, 7) is 2.27. The minimum Gasteiger partial charge on any atom is -0.494 e. The van der Waals surface area contributed by atoms with Crippen LogP contribution in [0.4, 0.5) is 4.39 Å². The second-order valence-corrected chi connectivity index (χ2v) is 4.89. The standard InChI is InChI=1S/C17H16FN3O2/c1-2-23-15-9-7-14(8-10-15)21-17(16(11-22)19-20-21)12-3-5-13(18)6-4-12/h3-10,22H,2,11H2,1H3. The zero-order valence-corrected chi connectivity index (χ0v) is 12.6. The molecule has 3 aromatic rings. The van der Waals surface area contributed by atoms with Crippen molar-refractivity contribution in [2.75, 3.05) is 6.61 Å². The topological polar surface area (TPSA) is 60.2 Å². The Morgan fingerprint density at radius 2 is 1.78 bits per heavy atom. The van der Waals surface area contributed by atoms with E-state index in [0.29, 0.717) is 18.0 Å². The molecule has 0 bridgehead atoms. The average molecular weight is 313 g/mol. The number of hydrogen-bond acceptors (Lipinski definition) is 4. The van der Waals surface area contributed by atoms with Crippen molar-refractivity contribution in [3.05, 3.63) is 60.0 Å². The molecule has 1 heterocycles. The highest BCUT2D eigenvalue weighted by atomic mass is 19.1. The normalized spacial score (nSPS) is 10.7. The van der Waals surface area contributed by atoms with Crippen molar-refractivity contribution in [3.63, 3.8) is 0 Å². The number of aliphatic hydroxyl groups excluding tert-OH is 1. The molecule has 5 nitrogen and oxygen atoms in total. The van der Waals surface area contributed by atoms with Crippen molar-refractivity contribution in [1.29, 1.82) is 0 Å². The van der Waals surface area contributed by atoms with Crippen molar-refractivity contribution in [2.24, 2.45) is 0 Å². The van der Waals surface area contributed by atoms with Crippen LogP contribution in [-0.2, 0) is 6.61 Å². The second kappa shape index (κ2) is 6.58. The Labute approximate surface area is 133 Å². The lowest BCUT2D eigenvalue weighted by molar-refractivity contribution is 0.277. The monoisotopic (exact) mass is 313 g/mol. The lowest BCUT2D eigenvalue weighted by atomic mass is 10.1. The number of hydrogen-bond donors (Lipinski definition) is 1. The summed E-state index contributed by atoms with van der Waals surface area (Å²) in [5.41, 5.74) is 2.58. The molecule has 0 saturated carbocycles. The Bertz CT molecular complexity index is 783. The van der Waals surface area contributed by atoms with E-state index in [0.717, 1.165) is 17.0 Å². The van der Waals surface area contributed by atoms with Gasteiger partial charge in [-0.2, -0.15) is 0 Å². The molecule has 1 aromatic heterocycles. The number of aliphatic hydroxyl groups is 1. The number of halogens is 1. The minimum atomic E-state index is -0.320. The molecule has 3 rings (SSSR count). The molecule has 6 heteroatoms. The molecule has 118 valence electrons. The maximum atomic E-state index is 13.1. The summed E-state index contributed by atoms with van der Waals surface area (Å²) >= 11 is 0. The fraction of sp³-hybridized carbons (Fsp3) is 0.176. The lowest BCUT2D eigenvalue weighted by Crippen LogP contribution is -2.01. The maximum Gasteiger partial charge on any atom is 0.123 e. The van der Waals surface area contributed by atoms with Crippen molar-refractivity contribution in [3.8, 4) is 22.7 Å². The number of benzene rings is 2. The molecule has 0 fully saturated rings. The predicted octanol–water partition coefficient (Wildman–Crippen LogP) is 2.96. The van der Waals surface area contributed by atoms with Crippen LogP contribution >= 0.6 is 0 Å². The van der Waals surface area contributed by atoms with Gasteiger partial charge in [-0.3, -0.25) is 0 Å². The molecule has 0 atom stereocenters. The summed E-state index contributed by atoms with van der Waals surface area (Å²) in [4.78, 5) is 0. The quantitative estimate of drug-likeness (QED) is 0.787. The van der Waals surface area contributed by atoms with Gasteiger partial charge >= 0.3 is 0 Å². The third-order valence-corrected chi connectivity index (χ3v) is 3.40. The van der Waals surface area contributed by atoms with Crippen LogP contribution in [0.5, 0.6) is 5.75 Å². The Balaban J connectivity index is 2.06. The second-order valence-electron chi connectivity index (χ2n) is 4.89. The van der Waals surface area contributed by atoms with Crippen LogP contribution in [-0.4, -0.2) is 26.7 Å². The molecule has 0 amide bonds. The van der Waals surface area contributed by atoms with Gasteiger partial charge in [0.25, 0.3) is 0 Å². The lowest BCUT2D eigenvalue weighted by Gasteiger charge is -2.09. The zero-order valence-electron chi connectivity index (χ0n) is 12.6. The molecule has 0 saturated heterocycles. The van der Waals surface area contributed by atoms with E-state index in [2.05, 4.69) is 10.3 Å². The fourth-order valence-electron chi connectivity index (χ4n) is 2.35. The number of nitrogens with zero attached hydrogens (tertiary/aromatic N) is 3. The van der Waals surface area contributed by atoms with Gasteiger partial charge < -0.3 is 9.84 Å². The van der Waals surface area contributed by atoms with E-state index in [-0.39, 0.29) is 12.4 Å². The zero-order chi connectivity index (χ0) is 16.2. The van der Waals surface area contributed by atoms with E-state index in [9.17, 15) is 9.50 Å². The summed E-state index contributed by atoms with van der Waals surface area (Å²) in [5.74, 6) is 0.446. The first-order valence-corrected chi connectivity index (χ1v) is 7.27. The van der Waals surface area contributed by atoms with Gasteiger partial charge in [-0.1, -0.05) is 5.21 Å². The van der Waals surface area contributed by atoms with Gasteiger partial charge in [0, 0.05) is 5.56 Å². The highest BCUT2D eigenvalue weighted by Crippen LogP contribution is 2.26. The summed E-state index contributed by atoms with van der Waals surface area (Å²) in [6.07, 6.45) is 0. The van der Waals surface area contributed by atoms with Gasteiger partial charge in [0.05, 0.1) is 18.9 Å². The van der Waals surface area contributed by atoms with Crippen LogP contribution in [0.2, 0.25) is 0 Å². The van der Waals surface area contributed by atoms with E-state index in [1.807, 2.05) is 31.2 Å². The van der Waals surface area contributed by atoms with Crippen molar-refractivity contribution < 1.29 is 14.2 Å². The Kier molecular flexibility index (Phi) is 4.34. The van der Waals surface area contributed by atoms with Gasteiger partial charge in [-0.05, 0) is 55.5 Å². The van der Waals surface area contributed by atoms with Crippen LogP contribution in [0.25, 0.3) is 16.9 Å². The van der Waals surface area contributed by atoms with E-state index in [1.54, 1.807) is 16.8 Å². The predicted molar refractivity (Wildman–Crippen MR) is 83.8 cm³/mol. The molecule has 0 aliphatic rings. The Morgan fingerprint density at radius 3 is 2.39 bits per heavy atom. The molecule has 23 heavy (non-hydrogen) atoms. The molecule has 0 radical (unpaired) electrons. The SMILES string of the molecule is CCOc1ccc(-n2nnc(CO)c2-c2ccc(F)cc2)cc1. The van der Waals surface area contributed by atoms with Crippen LogP contribution in [0, 0.1) is 5.82 Å². The third kappa shape index (κ3) is 3.07. The smallest absolute Gasteiger partial charge is 0.123 e. The van der Waals surface area contributed by atoms with E-state index >= 15 is 0 Å². The van der Waals surface area contributed by atoms with Crippen molar-refractivity contribution in [1.82, 2.24) is 15.0 Å². The van der Waals surface area contributed by atoms with Crippen molar-refractivity contribution in [2.45, 2.75) is 13.5 Å². The van der Waals surface area contributed by atoms with Gasteiger partial charge in [0.1, 0.15) is 23.0 Å². The van der Waals surface area contributed by atoms with E-state index in [1.165, 1.54) is 12.1 Å². The molecule has 0 aliphatic carbocycles. The number of aromatic nitrogens is 3. The maximum absolute atomic E-state index is 13.1. The number of rotatable bonds is 5. The summed E-state index contributed by atoms with van der Waals surface area (Å²) in [6, 6.07) is 13.4. The summed E-state index contributed by atoms with van der Waals surface area (Å²) in [5, 5.41) is 17.6. The van der Waals surface area contributed by atoms with Gasteiger partial charge in [-0.15, -0.1) is 5.10 Å². The molecule has 1 N–H and O–H groups in total. The average Bonchev–Trinajstić information content (AvgIpc) is 3.00. The highest BCUT2D eigenvalue weighted by molar-refractivity contribution is 5.64. The van der Waals surface area contributed by atoms with Gasteiger partial charge in [0.2, 0.25) is 0 Å². The first-order valence-electron chi connectivity index (χ1n) is 7.27. The molecule has 0 spiro atoms. The molecular formula is C17H16FN3O2. The Hall–Kier alpha value is -2.73. The largest absolute Gasteiger partial charge is 0.494 e. The van der Waals surface area contributed by atoms with Crippen LogP contribution in [0.1, 0.15) is 12.6 Å². The van der Waals surface area contributed by atoms with Crippen molar-refractivity contribution >= 4 is 0 Å². The van der Waals surface area contributed by atoms with Crippen LogP contribution in [0.3, 0.4) is 0 Å². The highest BCUT2D eigenvalue weighted by Gasteiger charge is 2.15. The minimum absolute atomic E-state index is 0.246. The number of ether oxygens (including phenoxy) is 1. The van der Waals surface area contributed by atoms with Gasteiger partial charge in [0.15, 0.2) is 0 Å². The third-order valence-electron chi connectivity index (χ3n) is 3.40. The molecule has 0 unspecified atom stereocenters. The van der Waals surface area contributed by atoms with E-state index < -0.39 is 0 Å². The summed E-state index contributed by atoms with van der Waals surface area (Å²) < 4.78 is 20.2. The molecule has 0 aliphatic heterocycles. The first-order chi connectivity index (χ1) is 11.2. The fourth-order valence-corrected chi connectivity index (χ4v) is 2.35. The van der Waals surface area contributed by atoms with Crippen LogP contribution in [0.15, 0.2) is 48.5 Å². The molecular weight excluding hydrogens is 297 g/mol. The first kappa shape index (κ1) is 15.2.